The van der Waals surface area contributed by atoms with Crippen molar-refractivity contribution in [2.24, 2.45) is 0 Å². The third-order valence-corrected chi connectivity index (χ3v) is 5.55. The van der Waals surface area contributed by atoms with Gasteiger partial charge in [-0.3, -0.25) is 9.89 Å². The number of aliphatic carboxylic acids is 1. The standard InChI is InChI=1S/C28H24N2O4/c1-3-22(19-9-7-8-18(14-19)15-26(31)32)28(20-12-13-24-21(16-20)17-29-30-24)23-10-5-6-11-25(23)34-27(33)4-2/h4-14,16-17H,2-3,15H2,1H3,(H,29,30)(H,31,32)/b28-22+. The average Bonchev–Trinajstić information content (AvgIpc) is 3.30. The molecule has 0 spiro atoms. The number of benzene rings is 3. The summed E-state index contributed by atoms with van der Waals surface area (Å²) in [5, 5.41) is 17.3. The van der Waals surface area contributed by atoms with Gasteiger partial charge in [0.05, 0.1) is 18.1 Å². The van der Waals surface area contributed by atoms with Gasteiger partial charge in [-0.2, -0.15) is 5.10 Å². The summed E-state index contributed by atoms with van der Waals surface area (Å²) in [7, 11) is 0. The molecule has 0 amide bonds. The van der Waals surface area contributed by atoms with Crippen LogP contribution >= 0.6 is 0 Å². The van der Waals surface area contributed by atoms with Crippen molar-refractivity contribution < 1.29 is 19.4 Å². The number of nitrogens with zero attached hydrogens (tertiary/aromatic N) is 1. The lowest BCUT2D eigenvalue weighted by molar-refractivity contribution is -0.136. The minimum atomic E-state index is -0.883. The van der Waals surface area contributed by atoms with Gasteiger partial charge in [-0.15, -0.1) is 0 Å². The number of ether oxygens (including phenoxy) is 1. The number of allylic oxidation sites excluding steroid dienone is 1. The number of hydrogen-bond acceptors (Lipinski definition) is 4. The maximum Gasteiger partial charge on any atom is 0.335 e. The zero-order valence-corrected chi connectivity index (χ0v) is 18.7. The number of carboxylic acid groups (broad SMARTS) is 1. The Labute approximate surface area is 197 Å². The van der Waals surface area contributed by atoms with E-state index in [1.54, 1.807) is 12.3 Å². The maximum absolute atomic E-state index is 12.1. The molecule has 0 fully saturated rings. The van der Waals surface area contributed by atoms with Crippen LogP contribution in [0.2, 0.25) is 0 Å². The van der Waals surface area contributed by atoms with Gasteiger partial charge in [0, 0.05) is 17.0 Å². The highest BCUT2D eigenvalue weighted by Crippen LogP contribution is 2.39. The van der Waals surface area contributed by atoms with Crippen LogP contribution in [-0.4, -0.2) is 27.2 Å². The predicted molar refractivity (Wildman–Crippen MR) is 132 cm³/mol. The Morgan fingerprint density at radius 3 is 2.65 bits per heavy atom. The fraction of sp³-hybridized carbons (Fsp3) is 0.107. The van der Waals surface area contributed by atoms with Crippen LogP contribution in [0.15, 0.2) is 85.6 Å². The first-order chi connectivity index (χ1) is 16.5. The smallest absolute Gasteiger partial charge is 0.335 e. The molecule has 4 rings (SSSR count). The monoisotopic (exact) mass is 452 g/mol. The van der Waals surface area contributed by atoms with E-state index in [0.29, 0.717) is 17.7 Å². The van der Waals surface area contributed by atoms with E-state index in [-0.39, 0.29) is 6.42 Å². The van der Waals surface area contributed by atoms with Crippen molar-refractivity contribution in [1.82, 2.24) is 10.2 Å². The first kappa shape index (κ1) is 22.7. The summed E-state index contributed by atoms with van der Waals surface area (Å²) < 4.78 is 5.59. The highest BCUT2D eigenvalue weighted by molar-refractivity contribution is 6.02. The molecule has 34 heavy (non-hydrogen) atoms. The molecular weight excluding hydrogens is 428 g/mol. The molecule has 0 unspecified atom stereocenters. The Balaban J connectivity index is 1.99. The van der Waals surface area contributed by atoms with Gasteiger partial charge in [0.25, 0.3) is 0 Å². The number of aromatic nitrogens is 2. The van der Waals surface area contributed by atoms with E-state index in [0.717, 1.165) is 44.8 Å². The van der Waals surface area contributed by atoms with Crippen molar-refractivity contribution >= 4 is 34.0 Å². The van der Waals surface area contributed by atoms with E-state index in [1.165, 1.54) is 0 Å². The van der Waals surface area contributed by atoms with E-state index in [2.05, 4.69) is 16.8 Å². The predicted octanol–water partition coefficient (Wildman–Crippen LogP) is 5.65. The molecule has 1 aromatic heterocycles. The molecule has 3 aromatic carbocycles. The second-order valence-electron chi connectivity index (χ2n) is 7.77. The van der Waals surface area contributed by atoms with Gasteiger partial charge in [-0.25, -0.2) is 4.79 Å². The Bertz CT molecular complexity index is 1410. The Kier molecular flexibility index (Phi) is 6.69. The van der Waals surface area contributed by atoms with Gasteiger partial charge in [0.15, 0.2) is 0 Å². The van der Waals surface area contributed by atoms with E-state index in [1.807, 2.05) is 67.6 Å². The summed E-state index contributed by atoms with van der Waals surface area (Å²) in [6.45, 7) is 5.55. The first-order valence-electron chi connectivity index (χ1n) is 10.9. The minimum Gasteiger partial charge on any atom is -0.481 e. The van der Waals surface area contributed by atoms with Crippen LogP contribution in [0.4, 0.5) is 0 Å². The van der Waals surface area contributed by atoms with Crippen LogP contribution in [-0.2, 0) is 16.0 Å². The van der Waals surface area contributed by atoms with E-state index in [4.69, 9.17) is 4.74 Å². The van der Waals surface area contributed by atoms with Crippen LogP contribution in [0.5, 0.6) is 5.75 Å². The second kappa shape index (κ2) is 10.0. The molecule has 0 saturated heterocycles. The van der Waals surface area contributed by atoms with Gasteiger partial charge in [-0.05, 0) is 52.5 Å². The lowest BCUT2D eigenvalue weighted by atomic mass is 9.87. The summed E-state index contributed by atoms with van der Waals surface area (Å²) in [5.74, 6) is -1.01. The molecule has 0 aliphatic heterocycles. The second-order valence-corrected chi connectivity index (χ2v) is 7.77. The zero-order chi connectivity index (χ0) is 24.1. The minimum absolute atomic E-state index is 0.0608. The highest BCUT2D eigenvalue weighted by Gasteiger charge is 2.19. The molecule has 0 saturated carbocycles. The number of carbonyl (C=O) groups is 2. The van der Waals surface area contributed by atoms with Gasteiger partial charge in [0.1, 0.15) is 5.75 Å². The Morgan fingerprint density at radius 1 is 1.06 bits per heavy atom. The average molecular weight is 453 g/mol. The van der Waals surface area contributed by atoms with Crippen molar-refractivity contribution in [3.05, 3.63) is 108 Å². The molecule has 170 valence electrons. The van der Waals surface area contributed by atoms with E-state index < -0.39 is 11.9 Å². The molecule has 0 radical (unpaired) electrons. The van der Waals surface area contributed by atoms with Crippen LogP contribution in [0, 0.1) is 0 Å². The fourth-order valence-corrected chi connectivity index (χ4v) is 4.07. The molecule has 2 N–H and O–H groups in total. The fourth-order valence-electron chi connectivity index (χ4n) is 4.07. The zero-order valence-electron chi connectivity index (χ0n) is 18.7. The number of nitrogens with one attached hydrogen (secondary N) is 1. The lowest BCUT2D eigenvalue weighted by Crippen LogP contribution is -2.06. The van der Waals surface area contributed by atoms with Crippen LogP contribution in [0.3, 0.4) is 0 Å². The number of hydrogen-bond donors (Lipinski definition) is 2. The molecular formula is C28H24N2O4. The molecule has 6 nitrogen and oxygen atoms in total. The quantitative estimate of drug-likeness (QED) is 0.156. The summed E-state index contributed by atoms with van der Waals surface area (Å²) in [4.78, 5) is 23.4. The largest absolute Gasteiger partial charge is 0.481 e. The first-order valence-corrected chi connectivity index (χ1v) is 10.9. The molecule has 0 atom stereocenters. The molecule has 0 aliphatic carbocycles. The highest BCUT2D eigenvalue weighted by atomic mass is 16.5. The third kappa shape index (κ3) is 4.81. The van der Waals surface area contributed by atoms with Crippen molar-refractivity contribution in [2.75, 3.05) is 0 Å². The third-order valence-electron chi connectivity index (χ3n) is 5.55. The summed E-state index contributed by atoms with van der Waals surface area (Å²) in [5.41, 5.74) is 6.11. The van der Waals surface area contributed by atoms with E-state index in [9.17, 15) is 14.7 Å². The summed E-state index contributed by atoms with van der Waals surface area (Å²) in [6, 6.07) is 20.9. The van der Waals surface area contributed by atoms with Crippen LogP contribution < -0.4 is 4.74 Å². The number of esters is 1. The van der Waals surface area contributed by atoms with Crippen molar-refractivity contribution in [3.63, 3.8) is 0 Å². The van der Waals surface area contributed by atoms with Gasteiger partial charge >= 0.3 is 11.9 Å². The number of aromatic amines is 1. The van der Waals surface area contributed by atoms with Crippen molar-refractivity contribution in [3.8, 4) is 5.75 Å². The summed E-state index contributed by atoms with van der Waals surface area (Å²) in [6.07, 6.45) is 3.50. The number of H-pyrrole nitrogens is 1. The Morgan fingerprint density at radius 2 is 1.88 bits per heavy atom. The maximum atomic E-state index is 12.1. The van der Waals surface area contributed by atoms with Gasteiger partial charge < -0.3 is 9.84 Å². The number of carboxylic acids is 1. The molecule has 6 heteroatoms. The number of fused-ring (bicyclic) bond motifs is 1. The lowest BCUT2D eigenvalue weighted by Gasteiger charge is -2.19. The molecule has 0 aliphatic rings. The van der Waals surface area contributed by atoms with Crippen molar-refractivity contribution in [1.29, 1.82) is 0 Å². The van der Waals surface area contributed by atoms with Crippen molar-refractivity contribution in [2.45, 2.75) is 19.8 Å². The summed E-state index contributed by atoms with van der Waals surface area (Å²) >= 11 is 0. The molecule has 0 bridgehead atoms. The SMILES string of the molecule is C=CC(=O)Oc1ccccc1/C(=C(\CC)c1cccc(CC(=O)O)c1)c1ccc2[nH]ncc2c1. The number of carbonyl (C=O) groups excluding carboxylic acids is 1. The van der Waals surface area contributed by atoms with Crippen LogP contribution in [0.25, 0.3) is 22.0 Å². The number of para-hydroxylation sites is 1. The topological polar surface area (TPSA) is 92.3 Å². The Hall–Kier alpha value is -4.45. The number of rotatable bonds is 8. The van der Waals surface area contributed by atoms with Gasteiger partial charge in [-0.1, -0.05) is 62.0 Å². The van der Waals surface area contributed by atoms with Gasteiger partial charge in [0.2, 0.25) is 0 Å². The molecule has 1 heterocycles. The molecule has 4 aromatic rings. The van der Waals surface area contributed by atoms with Crippen LogP contribution in [0.1, 0.15) is 35.6 Å². The normalized spacial score (nSPS) is 11.7. The van der Waals surface area contributed by atoms with E-state index >= 15 is 0 Å².